The number of aliphatic carboxylic acids is 1. The lowest BCUT2D eigenvalue weighted by atomic mass is 10.1. The van der Waals surface area contributed by atoms with Gasteiger partial charge in [0.2, 0.25) is 0 Å². The lowest BCUT2D eigenvalue weighted by Gasteiger charge is -2.38. The van der Waals surface area contributed by atoms with Crippen molar-refractivity contribution in [3.8, 4) is 0 Å². The first-order valence-corrected chi connectivity index (χ1v) is 5.38. The average molecular weight is 216 g/mol. The minimum Gasteiger partial charge on any atom is -0.480 e. The minimum atomic E-state index is -0.941. The number of carbonyl (C=O) groups is 1. The van der Waals surface area contributed by atoms with Gasteiger partial charge in [-0.3, -0.25) is 9.69 Å². The predicted octanol–water partition coefficient (Wildman–Crippen LogP) is -0.102. The maximum absolute atomic E-state index is 10.7. The molecular formula is C10H20N2O3. The van der Waals surface area contributed by atoms with Crippen LogP contribution in [0.1, 0.15) is 20.3 Å². The lowest BCUT2D eigenvalue weighted by Crippen LogP contribution is -2.53. The molecule has 0 aliphatic carbocycles. The van der Waals surface area contributed by atoms with Gasteiger partial charge in [0.15, 0.2) is 0 Å². The van der Waals surface area contributed by atoms with Crippen molar-refractivity contribution >= 4 is 5.97 Å². The van der Waals surface area contributed by atoms with Crippen molar-refractivity contribution in [2.45, 2.75) is 38.5 Å². The number of morpholine rings is 1. The van der Waals surface area contributed by atoms with Crippen molar-refractivity contribution in [2.75, 3.05) is 19.7 Å². The van der Waals surface area contributed by atoms with Crippen molar-refractivity contribution in [3.05, 3.63) is 0 Å². The molecule has 0 spiro atoms. The van der Waals surface area contributed by atoms with Gasteiger partial charge in [-0.2, -0.15) is 0 Å². The molecule has 5 nitrogen and oxygen atoms in total. The number of carboxylic acids is 1. The maximum atomic E-state index is 10.7. The molecule has 0 aromatic heterocycles. The number of nitrogens with two attached hydrogens (primary N) is 1. The smallest absolute Gasteiger partial charge is 0.321 e. The highest BCUT2D eigenvalue weighted by Gasteiger charge is 2.28. The first-order chi connectivity index (χ1) is 7.04. The van der Waals surface area contributed by atoms with Crippen LogP contribution in [0.15, 0.2) is 0 Å². The number of hydrogen-bond acceptors (Lipinski definition) is 4. The monoisotopic (exact) mass is 216 g/mol. The highest BCUT2D eigenvalue weighted by atomic mass is 16.5. The lowest BCUT2D eigenvalue weighted by molar-refractivity contribution is -0.140. The van der Waals surface area contributed by atoms with Crippen LogP contribution in [0.5, 0.6) is 0 Å². The van der Waals surface area contributed by atoms with Crippen molar-refractivity contribution < 1.29 is 14.6 Å². The molecule has 0 amide bonds. The van der Waals surface area contributed by atoms with Crippen LogP contribution in [0, 0.1) is 0 Å². The van der Waals surface area contributed by atoms with Crippen molar-refractivity contribution in [1.82, 2.24) is 4.90 Å². The Morgan fingerprint density at radius 3 is 2.93 bits per heavy atom. The molecule has 1 heterocycles. The Labute approximate surface area is 90.2 Å². The van der Waals surface area contributed by atoms with E-state index in [0.29, 0.717) is 19.2 Å². The van der Waals surface area contributed by atoms with Crippen LogP contribution in [0.25, 0.3) is 0 Å². The summed E-state index contributed by atoms with van der Waals surface area (Å²) >= 11 is 0. The molecule has 3 N–H and O–H groups in total. The second-order valence-corrected chi connectivity index (χ2v) is 4.10. The van der Waals surface area contributed by atoms with Gasteiger partial charge in [0.25, 0.3) is 0 Å². The molecule has 0 saturated carbocycles. The summed E-state index contributed by atoms with van der Waals surface area (Å²) in [5, 5.41) is 8.75. The van der Waals surface area contributed by atoms with E-state index in [1.807, 2.05) is 6.92 Å². The van der Waals surface area contributed by atoms with Gasteiger partial charge in [-0.05, 0) is 13.3 Å². The molecular weight excluding hydrogens is 196 g/mol. The minimum absolute atomic E-state index is 0.161. The summed E-state index contributed by atoms with van der Waals surface area (Å²) in [4.78, 5) is 12.8. The fraction of sp³-hybridized carbons (Fsp3) is 0.900. The van der Waals surface area contributed by atoms with Crippen molar-refractivity contribution in [1.29, 1.82) is 0 Å². The standard InChI is InChI=1S/C10H20N2O3/c1-3-8-6-15-7(2)4-12(8)5-9(11)10(13)14/h7-9H,3-6,11H2,1-2H3,(H,13,14). The molecule has 1 aliphatic rings. The molecule has 0 aromatic rings. The van der Waals surface area contributed by atoms with Crippen LogP contribution in [-0.4, -0.2) is 53.9 Å². The Hall–Kier alpha value is -0.650. The first kappa shape index (κ1) is 12.4. The molecule has 0 aromatic carbocycles. The number of hydrogen-bond donors (Lipinski definition) is 2. The Kier molecular flexibility index (Phi) is 4.50. The fourth-order valence-corrected chi connectivity index (χ4v) is 1.84. The molecule has 1 rings (SSSR count). The average Bonchev–Trinajstić information content (AvgIpc) is 2.18. The van der Waals surface area contributed by atoms with Gasteiger partial charge in [-0.15, -0.1) is 0 Å². The quantitative estimate of drug-likeness (QED) is 0.686. The van der Waals surface area contributed by atoms with Gasteiger partial charge in [-0.1, -0.05) is 6.92 Å². The molecule has 15 heavy (non-hydrogen) atoms. The van der Waals surface area contributed by atoms with E-state index in [0.717, 1.165) is 13.0 Å². The zero-order valence-corrected chi connectivity index (χ0v) is 9.35. The highest BCUT2D eigenvalue weighted by molar-refractivity contribution is 5.73. The molecule has 3 atom stereocenters. The molecule has 1 aliphatic heterocycles. The molecule has 0 radical (unpaired) electrons. The predicted molar refractivity (Wildman–Crippen MR) is 56.7 cm³/mol. The van der Waals surface area contributed by atoms with E-state index >= 15 is 0 Å². The van der Waals surface area contributed by atoms with E-state index in [4.69, 9.17) is 15.6 Å². The zero-order chi connectivity index (χ0) is 11.4. The van der Waals surface area contributed by atoms with Crippen LogP contribution >= 0.6 is 0 Å². The Morgan fingerprint density at radius 1 is 1.73 bits per heavy atom. The summed E-state index contributed by atoms with van der Waals surface area (Å²) in [6.07, 6.45) is 1.12. The number of rotatable bonds is 4. The van der Waals surface area contributed by atoms with Crippen LogP contribution in [0.3, 0.4) is 0 Å². The van der Waals surface area contributed by atoms with Gasteiger partial charge in [0.05, 0.1) is 12.7 Å². The second kappa shape index (κ2) is 5.44. The van der Waals surface area contributed by atoms with Gasteiger partial charge in [-0.25, -0.2) is 0 Å². The third kappa shape index (κ3) is 3.44. The molecule has 0 bridgehead atoms. The number of carboxylic acid groups (broad SMARTS) is 1. The van der Waals surface area contributed by atoms with E-state index < -0.39 is 12.0 Å². The van der Waals surface area contributed by atoms with E-state index in [1.165, 1.54) is 0 Å². The molecule has 1 fully saturated rings. The maximum Gasteiger partial charge on any atom is 0.321 e. The van der Waals surface area contributed by atoms with E-state index in [2.05, 4.69) is 11.8 Å². The summed E-state index contributed by atoms with van der Waals surface area (Å²) < 4.78 is 5.52. The van der Waals surface area contributed by atoms with Crippen molar-refractivity contribution in [2.24, 2.45) is 5.73 Å². The summed E-state index contributed by atoms with van der Waals surface area (Å²) in [5.74, 6) is -0.941. The van der Waals surface area contributed by atoms with Crippen LogP contribution in [0.2, 0.25) is 0 Å². The molecule has 1 saturated heterocycles. The topological polar surface area (TPSA) is 75.8 Å². The fourth-order valence-electron chi connectivity index (χ4n) is 1.84. The van der Waals surface area contributed by atoms with E-state index in [1.54, 1.807) is 0 Å². The van der Waals surface area contributed by atoms with Crippen LogP contribution < -0.4 is 5.73 Å². The first-order valence-electron chi connectivity index (χ1n) is 5.38. The van der Waals surface area contributed by atoms with E-state index in [-0.39, 0.29) is 6.10 Å². The Morgan fingerprint density at radius 2 is 2.40 bits per heavy atom. The normalized spacial score (nSPS) is 30.1. The van der Waals surface area contributed by atoms with Crippen LogP contribution in [-0.2, 0) is 9.53 Å². The summed E-state index contributed by atoms with van der Waals surface area (Å²) in [5.41, 5.74) is 5.53. The largest absolute Gasteiger partial charge is 0.480 e. The van der Waals surface area contributed by atoms with Gasteiger partial charge < -0.3 is 15.6 Å². The second-order valence-electron chi connectivity index (χ2n) is 4.10. The van der Waals surface area contributed by atoms with Gasteiger partial charge >= 0.3 is 5.97 Å². The van der Waals surface area contributed by atoms with Gasteiger partial charge in [0.1, 0.15) is 6.04 Å². The van der Waals surface area contributed by atoms with Crippen molar-refractivity contribution in [3.63, 3.8) is 0 Å². The number of nitrogens with zero attached hydrogens (tertiary/aromatic N) is 1. The summed E-state index contributed by atoms with van der Waals surface area (Å²) in [7, 11) is 0. The molecule has 5 heteroatoms. The third-order valence-electron chi connectivity index (χ3n) is 2.80. The van der Waals surface area contributed by atoms with Crippen LogP contribution in [0.4, 0.5) is 0 Å². The van der Waals surface area contributed by atoms with Gasteiger partial charge in [0, 0.05) is 19.1 Å². The number of ether oxygens (including phenoxy) is 1. The third-order valence-corrected chi connectivity index (χ3v) is 2.80. The highest BCUT2D eigenvalue weighted by Crippen LogP contribution is 2.14. The Balaban J connectivity index is 2.51. The molecule has 88 valence electrons. The summed E-state index contributed by atoms with van der Waals surface area (Å²) in [6, 6.07) is -0.504. The summed E-state index contributed by atoms with van der Waals surface area (Å²) in [6.45, 7) is 5.90. The molecule has 3 unspecified atom stereocenters. The SMILES string of the molecule is CCC1COC(C)CN1CC(N)C(=O)O. The zero-order valence-electron chi connectivity index (χ0n) is 9.35. The Bertz CT molecular complexity index is 223. The van der Waals surface area contributed by atoms with E-state index in [9.17, 15) is 4.79 Å².